The molecule has 0 aliphatic heterocycles. The van der Waals surface area contributed by atoms with E-state index in [2.05, 4.69) is 20.8 Å². The normalized spacial score (nSPS) is 10.5. The Morgan fingerprint density at radius 2 is 0.643 bits per heavy atom. The van der Waals surface area contributed by atoms with Crippen molar-refractivity contribution in [3.8, 4) is 0 Å². The molecule has 0 fully saturated rings. The van der Waals surface area contributed by atoms with Gasteiger partial charge in [-0.25, -0.2) is 0 Å². The van der Waals surface area contributed by atoms with Crippen molar-refractivity contribution in [3.05, 3.63) is 0 Å². The molecule has 0 heterocycles. The number of hydrogen-bond donors (Lipinski definition) is 1. The molecule has 0 radical (unpaired) electrons. The Bertz CT molecular complexity index is 270. The molecule has 0 bridgehead atoms. The van der Waals surface area contributed by atoms with Gasteiger partial charge in [-0.15, -0.1) is 0 Å². The van der Waals surface area contributed by atoms with Gasteiger partial charge < -0.3 is 5.11 Å². The van der Waals surface area contributed by atoms with Crippen LogP contribution in [-0.2, 0) is 4.79 Å². The van der Waals surface area contributed by atoms with Gasteiger partial charge in [0, 0.05) is 6.42 Å². The van der Waals surface area contributed by atoms with Gasteiger partial charge in [0.1, 0.15) is 0 Å². The monoisotopic (exact) mass is 398 g/mol. The number of carboxylic acids is 1. The summed E-state index contributed by atoms with van der Waals surface area (Å²) in [5.74, 6) is -0.653. The second-order valence-electron chi connectivity index (χ2n) is 8.51. The van der Waals surface area contributed by atoms with Crippen LogP contribution >= 0.6 is 0 Å². The molecule has 0 aromatic rings. The molecule has 0 spiro atoms. The molecule has 2 heteroatoms. The zero-order valence-electron chi connectivity index (χ0n) is 19.9. The average molecular weight is 399 g/mol. The third kappa shape index (κ3) is 33.1. The summed E-state index contributed by atoms with van der Waals surface area (Å²) in [6.45, 7) is 6.78. The van der Waals surface area contributed by atoms with E-state index in [1.165, 1.54) is 122 Å². The fraction of sp³-hybridized carbons (Fsp3) is 0.962. The average Bonchev–Trinajstić information content (AvgIpc) is 2.68. The zero-order valence-corrected chi connectivity index (χ0v) is 19.9. The first-order chi connectivity index (χ1) is 13.7. The molecule has 0 atom stereocenters. The van der Waals surface area contributed by atoms with Crippen LogP contribution in [0.1, 0.15) is 162 Å². The summed E-state index contributed by atoms with van der Waals surface area (Å²) in [6, 6.07) is 0. The highest BCUT2D eigenvalue weighted by Gasteiger charge is 1.97. The summed E-state index contributed by atoms with van der Waals surface area (Å²) in [7, 11) is 0. The van der Waals surface area contributed by atoms with Crippen LogP contribution in [0.5, 0.6) is 0 Å². The highest BCUT2D eigenvalue weighted by molar-refractivity contribution is 5.66. The summed E-state index contributed by atoms with van der Waals surface area (Å²) in [4.78, 5) is 10.3. The maximum atomic E-state index is 10.3. The van der Waals surface area contributed by atoms with Crippen LogP contribution in [0.25, 0.3) is 0 Å². The summed E-state index contributed by atoms with van der Waals surface area (Å²) in [5, 5.41) is 8.52. The Hall–Kier alpha value is -0.530. The Kier molecular flexibility index (Phi) is 30.4. The predicted molar refractivity (Wildman–Crippen MR) is 126 cm³/mol. The fourth-order valence-electron chi connectivity index (χ4n) is 3.50. The van der Waals surface area contributed by atoms with Crippen molar-refractivity contribution >= 4 is 5.97 Å². The van der Waals surface area contributed by atoms with E-state index in [1.54, 1.807) is 0 Å². The molecule has 0 saturated carbocycles. The molecule has 0 aliphatic rings. The molecule has 0 rings (SSSR count). The van der Waals surface area contributed by atoms with E-state index >= 15 is 0 Å². The minimum Gasteiger partial charge on any atom is -0.481 e. The molecule has 1 N–H and O–H groups in total. The van der Waals surface area contributed by atoms with Crippen molar-refractivity contribution in [2.24, 2.45) is 0 Å². The predicted octanol–water partition coefficient (Wildman–Crippen LogP) is 9.70. The number of unbranched alkanes of at least 4 members (excludes halogenated alkanes) is 19. The molecular weight excluding hydrogens is 344 g/mol. The van der Waals surface area contributed by atoms with Gasteiger partial charge in [-0.1, -0.05) is 149 Å². The molecule has 0 aromatic heterocycles. The maximum Gasteiger partial charge on any atom is 0.303 e. The highest BCUT2D eigenvalue weighted by atomic mass is 16.4. The number of hydrogen-bond acceptors (Lipinski definition) is 1. The van der Waals surface area contributed by atoms with Gasteiger partial charge >= 0.3 is 5.97 Å². The van der Waals surface area contributed by atoms with Crippen LogP contribution in [-0.4, -0.2) is 11.1 Å². The Morgan fingerprint density at radius 1 is 0.429 bits per heavy atom. The van der Waals surface area contributed by atoms with Crippen LogP contribution in [0.4, 0.5) is 0 Å². The molecule has 2 nitrogen and oxygen atoms in total. The van der Waals surface area contributed by atoms with Crippen molar-refractivity contribution < 1.29 is 9.90 Å². The fourth-order valence-corrected chi connectivity index (χ4v) is 3.50. The molecule has 0 aromatic carbocycles. The Labute approximate surface area is 178 Å². The molecule has 28 heavy (non-hydrogen) atoms. The minimum atomic E-state index is -0.653. The first kappa shape index (κ1) is 29.7. The second kappa shape index (κ2) is 28.7. The smallest absolute Gasteiger partial charge is 0.303 e. The van der Waals surface area contributed by atoms with Gasteiger partial charge in [-0.2, -0.15) is 0 Å². The molecule has 0 unspecified atom stereocenters. The molecule has 0 amide bonds. The number of carboxylic acid groups (broad SMARTS) is 1. The Balaban J connectivity index is 0. The lowest BCUT2D eigenvalue weighted by Gasteiger charge is -2.03. The van der Waals surface area contributed by atoms with Crippen LogP contribution in [0, 0.1) is 0 Å². The van der Waals surface area contributed by atoms with Crippen LogP contribution in [0.15, 0.2) is 0 Å². The van der Waals surface area contributed by atoms with E-state index in [-0.39, 0.29) is 0 Å². The van der Waals surface area contributed by atoms with Crippen molar-refractivity contribution in [2.45, 2.75) is 162 Å². The van der Waals surface area contributed by atoms with E-state index in [0.717, 1.165) is 12.8 Å². The van der Waals surface area contributed by atoms with Gasteiger partial charge in [0.15, 0.2) is 0 Å². The van der Waals surface area contributed by atoms with Crippen molar-refractivity contribution in [1.29, 1.82) is 0 Å². The van der Waals surface area contributed by atoms with Gasteiger partial charge in [0.2, 0.25) is 0 Å². The summed E-state index contributed by atoms with van der Waals surface area (Å²) < 4.78 is 0. The molecular formula is C26H54O2. The standard InChI is InChI=1S/C18H36O2.C8H18/c1-2-3-4-5-6-7-8-9-10-11-12-13-14-15-16-17-18(19)20;1-3-5-7-8-6-4-2/h2-17H2,1H3,(H,19,20);3-8H2,1-2H3. The summed E-state index contributed by atoms with van der Waals surface area (Å²) in [5.41, 5.74) is 0. The van der Waals surface area contributed by atoms with Gasteiger partial charge in [0.25, 0.3) is 0 Å². The van der Waals surface area contributed by atoms with E-state index in [9.17, 15) is 4.79 Å². The summed E-state index contributed by atoms with van der Waals surface area (Å²) >= 11 is 0. The highest BCUT2D eigenvalue weighted by Crippen LogP contribution is 2.13. The molecule has 170 valence electrons. The van der Waals surface area contributed by atoms with E-state index < -0.39 is 5.97 Å². The van der Waals surface area contributed by atoms with Crippen LogP contribution in [0.2, 0.25) is 0 Å². The van der Waals surface area contributed by atoms with Crippen LogP contribution < -0.4 is 0 Å². The molecule has 0 aliphatic carbocycles. The van der Waals surface area contributed by atoms with Gasteiger partial charge in [-0.05, 0) is 6.42 Å². The number of aliphatic carboxylic acids is 1. The number of rotatable bonds is 21. The third-order valence-electron chi connectivity index (χ3n) is 5.45. The van der Waals surface area contributed by atoms with Crippen molar-refractivity contribution in [1.82, 2.24) is 0 Å². The largest absolute Gasteiger partial charge is 0.481 e. The van der Waals surface area contributed by atoms with Gasteiger partial charge in [0.05, 0.1) is 0 Å². The lowest BCUT2D eigenvalue weighted by molar-refractivity contribution is -0.137. The first-order valence-corrected chi connectivity index (χ1v) is 12.9. The second-order valence-corrected chi connectivity index (χ2v) is 8.51. The minimum absolute atomic E-state index is 0.345. The SMILES string of the molecule is CCCCCCCC.CCCCCCCCCCCCCCCCCC(=O)O. The van der Waals surface area contributed by atoms with Gasteiger partial charge in [-0.3, -0.25) is 4.79 Å². The Morgan fingerprint density at radius 3 is 0.857 bits per heavy atom. The van der Waals surface area contributed by atoms with Crippen molar-refractivity contribution in [2.75, 3.05) is 0 Å². The lowest BCUT2D eigenvalue weighted by atomic mass is 10.0. The van der Waals surface area contributed by atoms with E-state index in [0.29, 0.717) is 6.42 Å². The first-order valence-electron chi connectivity index (χ1n) is 12.9. The third-order valence-corrected chi connectivity index (χ3v) is 5.45. The summed E-state index contributed by atoms with van der Waals surface area (Å²) in [6.07, 6.45) is 28.7. The van der Waals surface area contributed by atoms with Crippen LogP contribution in [0.3, 0.4) is 0 Å². The van der Waals surface area contributed by atoms with Crippen molar-refractivity contribution in [3.63, 3.8) is 0 Å². The topological polar surface area (TPSA) is 37.3 Å². The quantitative estimate of drug-likeness (QED) is 0.195. The van der Waals surface area contributed by atoms with E-state index in [1.807, 2.05) is 0 Å². The zero-order chi connectivity index (χ0) is 21.1. The lowest BCUT2D eigenvalue weighted by Crippen LogP contribution is -1.93. The molecule has 0 saturated heterocycles. The number of carbonyl (C=O) groups is 1. The maximum absolute atomic E-state index is 10.3. The van der Waals surface area contributed by atoms with E-state index in [4.69, 9.17) is 5.11 Å².